The lowest BCUT2D eigenvalue weighted by Crippen LogP contribution is -2.44. The van der Waals surface area contributed by atoms with Gasteiger partial charge in [0.2, 0.25) is 0 Å². The van der Waals surface area contributed by atoms with Gasteiger partial charge in [-0.1, -0.05) is 0 Å². The Balaban J connectivity index is 4.87. The standard InChI is InChI=1S/C9H9F12O3Si/c10-4(11)7(16,17)1-22-25(23-2-8(18,19)5(12)13)24-3-9(20,21)6(14)15/h4-6H,1-3H2. The first-order chi connectivity index (χ1) is 11.1. The molecule has 0 aromatic rings. The number of hydrogen-bond acceptors (Lipinski definition) is 3. The molecule has 0 aliphatic carbocycles. The summed E-state index contributed by atoms with van der Waals surface area (Å²) in [5.74, 6) is -14.7. The average molecular weight is 421 g/mol. The third-order valence-corrected chi connectivity index (χ3v) is 3.25. The predicted molar refractivity (Wildman–Crippen MR) is 56.5 cm³/mol. The van der Waals surface area contributed by atoms with Crippen LogP contribution in [-0.4, -0.2) is 66.4 Å². The first-order valence-electron chi connectivity index (χ1n) is 5.85. The maximum Gasteiger partial charge on any atom is 0.578 e. The molecule has 0 unspecified atom stereocenters. The molecule has 0 saturated heterocycles. The molecule has 0 aromatic heterocycles. The van der Waals surface area contributed by atoms with Crippen molar-refractivity contribution in [1.29, 1.82) is 0 Å². The van der Waals surface area contributed by atoms with Crippen LogP contribution in [0.5, 0.6) is 0 Å². The Morgan fingerprint density at radius 1 is 0.520 bits per heavy atom. The normalized spacial score (nSPS) is 14.4. The fourth-order valence-corrected chi connectivity index (χ4v) is 1.96. The molecule has 0 saturated carbocycles. The second-order valence-electron chi connectivity index (χ2n) is 4.30. The molecule has 16 heteroatoms. The molecule has 0 fully saturated rings. The Labute approximate surface area is 133 Å². The smallest absolute Gasteiger partial charge is 0.365 e. The van der Waals surface area contributed by atoms with E-state index in [2.05, 4.69) is 13.3 Å². The van der Waals surface area contributed by atoms with Crippen LogP contribution in [0.15, 0.2) is 0 Å². The maximum absolute atomic E-state index is 12.6. The number of hydrogen-bond donors (Lipinski definition) is 0. The van der Waals surface area contributed by atoms with Crippen LogP contribution < -0.4 is 0 Å². The molecule has 0 rings (SSSR count). The molecule has 0 aliphatic rings. The Kier molecular flexibility index (Phi) is 8.99. The van der Waals surface area contributed by atoms with Crippen molar-refractivity contribution in [1.82, 2.24) is 0 Å². The highest BCUT2D eigenvalue weighted by molar-refractivity contribution is 6.36. The van der Waals surface area contributed by atoms with E-state index in [0.29, 0.717) is 0 Å². The lowest BCUT2D eigenvalue weighted by Gasteiger charge is -2.23. The van der Waals surface area contributed by atoms with E-state index in [0.717, 1.165) is 0 Å². The monoisotopic (exact) mass is 421 g/mol. The van der Waals surface area contributed by atoms with Gasteiger partial charge in [-0.2, -0.15) is 26.3 Å². The summed E-state index contributed by atoms with van der Waals surface area (Å²) in [5, 5.41) is 0. The fourth-order valence-electron chi connectivity index (χ4n) is 0.779. The van der Waals surface area contributed by atoms with Crippen molar-refractivity contribution in [3.05, 3.63) is 0 Å². The van der Waals surface area contributed by atoms with E-state index in [-0.39, 0.29) is 0 Å². The summed E-state index contributed by atoms with van der Waals surface area (Å²) >= 11 is 0. The van der Waals surface area contributed by atoms with Crippen molar-refractivity contribution in [2.75, 3.05) is 19.8 Å². The summed E-state index contributed by atoms with van der Waals surface area (Å²) < 4.78 is 158. The van der Waals surface area contributed by atoms with Gasteiger partial charge in [-0.25, -0.2) is 26.3 Å². The second-order valence-corrected chi connectivity index (χ2v) is 5.67. The van der Waals surface area contributed by atoms with Gasteiger partial charge in [-0.3, -0.25) is 0 Å². The van der Waals surface area contributed by atoms with Gasteiger partial charge in [-0.05, 0) is 0 Å². The minimum absolute atomic E-state index is 2.28. The molecule has 1 radical (unpaired) electrons. The van der Waals surface area contributed by atoms with Crippen molar-refractivity contribution in [2.45, 2.75) is 37.0 Å². The van der Waals surface area contributed by atoms with E-state index in [9.17, 15) is 52.7 Å². The van der Waals surface area contributed by atoms with Crippen molar-refractivity contribution in [3.8, 4) is 0 Å². The van der Waals surface area contributed by atoms with Crippen LogP contribution >= 0.6 is 0 Å². The van der Waals surface area contributed by atoms with Gasteiger partial charge >= 0.3 is 46.6 Å². The molecular formula is C9H9F12O3Si. The predicted octanol–water partition coefficient (Wildman–Crippen LogP) is 3.72. The highest BCUT2D eigenvalue weighted by Crippen LogP contribution is 2.27. The number of rotatable bonds is 12. The Bertz CT molecular complexity index is 337. The van der Waals surface area contributed by atoms with E-state index in [1.807, 2.05) is 0 Å². The summed E-state index contributed by atoms with van der Waals surface area (Å²) in [6.07, 6.45) is -13.0. The highest BCUT2D eigenvalue weighted by atomic mass is 28.3. The number of alkyl halides is 12. The third-order valence-electron chi connectivity index (χ3n) is 2.11. The van der Waals surface area contributed by atoms with Gasteiger partial charge in [0.25, 0.3) is 0 Å². The topological polar surface area (TPSA) is 27.7 Å². The summed E-state index contributed by atoms with van der Waals surface area (Å²) in [4.78, 5) is 0. The largest absolute Gasteiger partial charge is 0.578 e. The summed E-state index contributed by atoms with van der Waals surface area (Å²) in [5.41, 5.74) is 0. The van der Waals surface area contributed by atoms with E-state index in [1.54, 1.807) is 0 Å². The number of halogens is 12. The second kappa shape index (κ2) is 9.27. The van der Waals surface area contributed by atoms with E-state index in [1.165, 1.54) is 0 Å². The van der Waals surface area contributed by atoms with Crippen LogP contribution in [0.3, 0.4) is 0 Å². The van der Waals surface area contributed by atoms with Crippen LogP contribution in [0.1, 0.15) is 0 Å². The van der Waals surface area contributed by atoms with Crippen molar-refractivity contribution in [3.63, 3.8) is 0 Å². The molecule has 151 valence electrons. The third kappa shape index (κ3) is 8.45. The van der Waals surface area contributed by atoms with Gasteiger partial charge in [0.1, 0.15) is 19.8 Å². The summed E-state index contributed by atoms with van der Waals surface area (Å²) in [6.45, 7) is -6.83. The molecule has 0 aromatic carbocycles. The minimum Gasteiger partial charge on any atom is -0.365 e. The van der Waals surface area contributed by atoms with Crippen LogP contribution in [-0.2, 0) is 13.3 Å². The van der Waals surface area contributed by atoms with Gasteiger partial charge < -0.3 is 13.3 Å². The first kappa shape index (κ1) is 24.3. The first-order valence-corrected chi connectivity index (χ1v) is 7.07. The van der Waals surface area contributed by atoms with Gasteiger partial charge in [-0.15, -0.1) is 0 Å². The quantitative estimate of drug-likeness (QED) is 0.355. The van der Waals surface area contributed by atoms with Gasteiger partial charge in [0, 0.05) is 0 Å². The highest BCUT2D eigenvalue weighted by Gasteiger charge is 2.47. The lowest BCUT2D eigenvalue weighted by atomic mass is 10.4. The summed E-state index contributed by atoms with van der Waals surface area (Å²) in [7, 11) is -4.18. The van der Waals surface area contributed by atoms with E-state index >= 15 is 0 Å². The molecule has 0 atom stereocenters. The van der Waals surface area contributed by atoms with Crippen LogP contribution in [0.25, 0.3) is 0 Å². The lowest BCUT2D eigenvalue weighted by molar-refractivity contribution is -0.178. The molecule has 0 aliphatic heterocycles. The van der Waals surface area contributed by atoms with Crippen LogP contribution in [0.4, 0.5) is 52.7 Å². The Morgan fingerprint density at radius 2 is 0.720 bits per heavy atom. The van der Waals surface area contributed by atoms with Crippen molar-refractivity contribution in [2.24, 2.45) is 0 Å². The molecule has 3 nitrogen and oxygen atoms in total. The Morgan fingerprint density at radius 3 is 0.880 bits per heavy atom. The minimum atomic E-state index is -4.89. The molecule has 0 amide bonds. The van der Waals surface area contributed by atoms with Crippen molar-refractivity contribution < 1.29 is 66.0 Å². The Hall–Kier alpha value is -0.743. The van der Waals surface area contributed by atoms with E-state index in [4.69, 9.17) is 0 Å². The molecule has 0 bridgehead atoms. The fraction of sp³-hybridized carbons (Fsp3) is 1.00. The maximum atomic E-state index is 12.6. The SMILES string of the molecule is FC(F)C(F)(F)CO[Si](OCC(F)(F)C(F)F)OCC(F)(F)C(F)F. The van der Waals surface area contributed by atoms with E-state index < -0.39 is 66.4 Å². The van der Waals surface area contributed by atoms with Crippen LogP contribution in [0, 0.1) is 0 Å². The van der Waals surface area contributed by atoms with Crippen molar-refractivity contribution >= 4 is 9.53 Å². The zero-order valence-electron chi connectivity index (χ0n) is 11.6. The molecule has 0 heterocycles. The molecule has 0 spiro atoms. The average Bonchev–Trinajstić information content (AvgIpc) is 2.45. The van der Waals surface area contributed by atoms with Gasteiger partial charge in [0.15, 0.2) is 0 Å². The molecular weight excluding hydrogens is 412 g/mol. The molecule has 25 heavy (non-hydrogen) atoms. The molecule has 0 N–H and O–H groups in total. The summed E-state index contributed by atoms with van der Waals surface area (Å²) in [6, 6.07) is 0. The van der Waals surface area contributed by atoms with Gasteiger partial charge in [0.05, 0.1) is 0 Å². The zero-order valence-corrected chi connectivity index (χ0v) is 12.6. The van der Waals surface area contributed by atoms with Crippen LogP contribution in [0.2, 0.25) is 0 Å². The zero-order chi connectivity index (χ0) is 20.1.